The standard InChI is InChI=1S/C21H15N4.BF4/c1-3-7-16(8-4-1)24-15-25(17-9-5-2-6-10-17)21-14-19-18(13-20(21)24)22-11-12-23-19;2-1(3,4)5/h1-15H;/q+1;-1. The highest BCUT2D eigenvalue weighted by Gasteiger charge is 2.21. The summed E-state index contributed by atoms with van der Waals surface area (Å²) in [5.41, 5.74) is 6.22. The molecule has 9 heteroatoms. The molecule has 0 bridgehead atoms. The third kappa shape index (κ3) is 4.30. The van der Waals surface area contributed by atoms with Gasteiger partial charge in [-0.3, -0.25) is 9.97 Å². The normalized spacial score (nSPS) is 11.3. The highest BCUT2D eigenvalue weighted by molar-refractivity contribution is 6.50. The van der Waals surface area contributed by atoms with Crippen molar-refractivity contribution >= 4 is 29.3 Å². The first-order chi connectivity index (χ1) is 14.4. The maximum absolute atomic E-state index is 9.75. The van der Waals surface area contributed by atoms with Gasteiger partial charge in [-0.2, -0.15) is 9.13 Å². The van der Waals surface area contributed by atoms with Crippen LogP contribution in [0.2, 0.25) is 0 Å². The number of halogens is 4. The van der Waals surface area contributed by atoms with E-state index < -0.39 is 7.25 Å². The summed E-state index contributed by atoms with van der Waals surface area (Å²) < 4.78 is 43.4. The lowest BCUT2D eigenvalue weighted by atomic mass is 10.2. The molecular weight excluding hydrogens is 395 g/mol. The molecule has 0 atom stereocenters. The second-order valence-corrected chi connectivity index (χ2v) is 6.41. The van der Waals surface area contributed by atoms with E-state index in [1.807, 2.05) is 12.1 Å². The molecule has 2 heterocycles. The van der Waals surface area contributed by atoms with Crippen molar-refractivity contribution in [3.8, 4) is 11.4 Å². The minimum absolute atomic E-state index is 0.894. The Morgan fingerprint density at radius 2 is 1.27 bits per heavy atom. The average Bonchev–Trinajstić information content (AvgIpc) is 3.10. The molecule has 5 aromatic rings. The number of imidazole rings is 1. The summed E-state index contributed by atoms with van der Waals surface area (Å²) in [7, 11) is -6.00. The molecule has 150 valence electrons. The van der Waals surface area contributed by atoms with Crippen molar-refractivity contribution in [1.82, 2.24) is 14.5 Å². The average molecular weight is 410 g/mol. The number of para-hydroxylation sites is 2. The van der Waals surface area contributed by atoms with Crippen LogP contribution in [0.1, 0.15) is 0 Å². The molecule has 0 aliphatic heterocycles. The van der Waals surface area contributed by atoms with Crippen molar-refractivity contribution in [2.75, 3.05) is 0 Å². The number of rotatable bonds is 2. The third-order valence-electron chi connectivity index (χ3n) is 4.38. The summed E-state index contributed by atoms with van der Waals surface area (Å²) in [6.07, 6.45) is 5.58. The van der Waals surface area contributed by atoms with E-state index in [2.05, 4.69) is 86.1 Å². The highest BCUT2D eigenvalue weighted by Crippen LogP contribution is 2.22. The van der Waals surface area contributed by atoms with E-state index in [0.29, 0.717) is 0 Å². The lowest BCUT2D eigenvalue weighted by Gasteiger charge is -1.98. The molecule has 30 heavy (non-hydrogen) atoms. The quantitative estimate of drug-likeness (QED) is 0.229. The first kappa shape index (κ1) is 19.6. The predicted molar refractivity (Wildman–Crippen MR) is 108 cm³/mol. The van der Waals surface area contributed by atoms with Gasteiger partial charge in [0.05, 0.1) is 11.0 Å². The van der Waals surface area contributed by atoms with E-state index in [0.717, 1.165) is 33.4 Å². The van der Waals surface area contributed by atoms with Crippen LogP contribution in [-0.2, 0) is 0 Å². The lowest BCUT2D eigenvalue weighted by molar-refractivity contribution is -0.567. The van der Waals surface area contributed by atoms with Crippen LogP contribution in [0, 0.1) is 0 Å². The lowest BCUT2D eigenvalue weighted by Crippen LogP contribution is -2.28. The molecule has 0 unspecified atom stereocenters. The van der Waals surface area contributed by atoms with Crippen LogP contribution in [0.4, 0.5) is 17.3 Å². The summed E-state index contributed by atoms with van der Waals surface area (Å²) in [6.45, 7) is 0. The number of nitrogens with zero attached hydrogens (tertiary/aromatic N) is 4. The number of hydrogen-bond donors (Lipinski definition) is 0. The molecular formula is C21H15BF4N4. The fourth-order valence-electron chi connectivity index (χ4n) is 3.20. The first-order valence-electron chi connectivity index (χ1n) is 9.06. The minimum Gasteiger partial charge on any atom is -0.418 e. The number of fused-ring (bicyclic) bond motifs is 2. The Morgan fingerprint density at radius 1 is 0.733 bits per heavy atom. The van der Waals surface area contributed by atoms with Crippen molar-refractivity contribution in [2.24, 2.45) is 0 Å². The van der Waals surface area contributed by atoms with E-state index in [9.17, 15) is 17.3 Å². The van der Waals surface area contributed by atoms with Gasteiger partial charge in [-0.05, 0) is 24.3 Å². The predicted octanol–water partition coefficient (Wildman–Crippen LogP) is 5.15. The topological polar surface area (TPSA) is 34.6 Å². The van der Waals surface area contributed by atoms with E-state index in [4.69, 9.17) is 0 Å². The van der Waals surface area contributed by atoms with Gasteiger partial charge < -0.3 is 17.3 Å². The van der Waals surface area contributed by atoms with Crippen LogP contribution >= 0.6 is 0 Å². The van der Waals surface area contributed by atoms with Crippen LogP contribution in [0.3, 0.4) is 0 Å². The molecule has 5 rings (SSSR count). The molecule has 0 saturated carbocycles. The summed E-state index contributed by atoms with van der Waals surface area (Å²) in [4.78, 5) is 8.93. The van der Waals surface area contributed by atoms with Crippen molar-refractivity contribution < 1.29 is 21.8 Å². The molecule has 0 N–H and O–H groups in total. The van der Waals surface area contributed by atoms with Gasteiger partial charge in [0, 0.05) is 24.5 Å². The van der Waals surface area contributed by atoms with Gasteiger partial charge in [0.25, 0.3) is 6.33 Å². The minimum atomic E-state index is -6.00. The Morgan fingerprint density at radius 3 is 1.87 bits per heavy atom. The van der Waals surface area contributed by atoms with E-state index in [-0.39, 0.29) is 0 Å². The molecule has 0 aliphatic carbocycles. The number of aromatic nitrogens is 4. The SMILES string of the molecule is F[B-](F)(F)F.c1ccc(-n2c[n+](-c3ccccc3)c3cc4nccnc4cc32)cc1. The molecule has 0 amide bonds. The van der Waals surface area contributed by atoms with E-state index in [1.54, 1.807) is 12.4 Å². The number of hydrogen-bond acceptors (Lipinski definition) is 2. The molecule has 3 aromatic carbocycles. The van der Waals surface area contributed by atoms with Gasteiger partial charge in [-0.25, -0.2) is 0 Å². The maximum atomic E-state index is 9.75. The summed E-state index contributed by atoms with van der Waals surface area (Å²) in [6, 6.07) is 24.9. The third-order valence-corrected chi connectivity index (χ3v) is 4.38. The Kier molecular flexibility index (Phi) is 5.18. The molecule has 0 saturated heterocycles. The van der Waals surface area contributed by atoms with Crippen molar-refractivity contribution in [3.05, 3.63) is 91.5 Å². The van der Waals surface area contributed by atoms with Gasteiger partial charge in [0.1, 0.15) is 11.4 Å². The summed E-state index contributed by atoms with van der Waals surface area (Å²) in [5.74, 6) is 0. The fourth-order valence-corrected chi connectivity index (χ4v) is 3.20. The zero-order valence-electron chi connectivity index (χ0n) is 15.5. The Balaban J connectivity index is 0.000000393. The van der Waals surface area contributed by atoms with E-state index >= 15 is 0 Å². The van der Waals surface area contributed by atoms with Crippen LogP contribution in [0.15, 0.2) is 91.5 Å². The second kappa shape index (κ2) is 7.94. The van der Waals surface area contributed by atoms with Gasteiger partial charge >= 0.3 is 7.25 Å². The summed E-state index contributed by atoms with van der Waals surface area (Å²) >= 11 is 0. The van der Waals surface area contributed by atoms with Crippen LogP contribution < -0.4 is 4.57 Å². The zero-order valence-corrected chi connectivity index (χ0v) is 15.5. The van der Waals surface area contributed by atoms with Gasteiger partial charge in [0.15, 0.2) is 11.0 Å². The molecule has 4 nitrogen and oxygen atoms in total. The van der Waals surface area contributed by atoms with Crippen molar-refractivity contribution in [2.45, 2.75) is 0 Å². The van der Waals surface area contributed by atoms with Crippen molar-refractivity contribution in [1.29, 1.82) is 0 Å². The monoisotopic (exact) mass is 410 g/mol. The van der Waals surface area contributed by atoms with Gasteiger partial charge in [0.2, 0.25) is 0 Å². The van der Waals surface area contributed by atoms with Gasteiger partial charge in [-0.15, -0.1) is 0 Å². The summed E-state index contributed by atoms with van der Waals surface area (Å²) in [5, 5.41) is 0. The van der Waals surface area contributed by atoms with Gasteiger partial charge in [-0.1, -0.05) is 36.4 Å². The van der Waals surface area contributed by atoms with Crippen molar-refractivity contribution in [3.63, 3.8) is 0 Å². The highest BCUT2D eigenvalue weighted by atomic mass is 19.5. The molecule has 0 spiro atoms. The molecule has 0 aliphatic rings. The first-order valence-corrected chi connectivity index (χ1v) is 9.06. The Bertz CT molecular complexity index is 1190. The largest absolute Gasteiger partial charge is 0.673 e. The smallest absolute Gasteiger partial charge is 0.418 e. The second-order valence-electron chi connectivity index (χ2n) is 6.41. The fraction of sp³-hybridized carbons (Fsp3) is 0. The zero-order chi connectivity index (χ0) is 21.1. The van der Waals surface area contributed by atoms with Crippen LogP contribution in [0.5, 0.6) is 0 Å². The molecule has 0 fully saturated rings. The van der Waals surface area contributed by atoms with E-state index in [1.165, 1.54) is 0 Å². The van der Waals surface area contributed by atoms with Crippen LogP contribution in [-0.4, -0.2) is 21.8 Å². The Labute approximate surface area is 169 Å². The molecule has 2 aromatic heterocycles. The maximum Gasteiger partial charge on any atom is 0.673 e. The number of benzene rings is 3. The van der Waals surface area contributed by atoms with Crippen LogP contribution in [0.25, 0.3) is 33.4 Å². The Hall–Kier alpha value is -3.75. The molecule has 0 radical (unpaired) electrons.